The lowest BCUT2D eigenvalue weighted by atomic mass is 9.92. The Labute approximate surface area is 203 Å². The lowest BCUT2D eigenvalue weighted by molar-refractivity contribution is -0.138. The summed E-state index contributed by atoms with van der Waals surface area (Å²) in [5.41, 5.74) is 1.72. The Morgan fingerprint density at radius 3 is 2.34 bits per heavy atom. The number of hydrogen-bond donors (Lipinski definition) is 0. The highest BCUT2D eigenvalue weighted by atomic mass is 19.4. The van der Waals surface area contributed by atoms with Crippen LogP contribution in [-0.4, -0.2) is 39.8 Å². The molecule has 0 aliphatic carbocycles. The SMILES string of the molecule is Cn1nc(C(C)(C)C)cc1-c1c[c]c(OC2CCN(C(=O)c3ccccc3C(F)(F)F)CC2)cc1. The number of aromatic nitrogens is 2. The normalized spacial score (nSPS) is 15.3. The number of likely N-dealkylation sites (tertiary alicyclic amines) is 1. The number of rotatable bonds is 4. The van der Waals surface area contributed by atoms with Gasteiger partial charge in [-0.25, -0.2) is 0 Å². The van der Waals surface area contributed by atoms with Gasteiger partial charge in [0.15, 0.2) is 0 Å². The third-order valence-electron chi connectivity index (χ3n) is 6.21. The van der Waals surface area contributed by atoms with Crippen LogP contribution in [-0.2, 0) is 18.6 Å². The summed E-state index contributed by atoms with van der Waals surface area (Å²) in [4.78, 5) is 14.2. The molecule has 1 aromatic heterocycles. The molecule has 0 spiro atoms. The highest BCUT2D eigenvalue weighted by Crippen LogP contribution is 2.33. The Morgan fingerprint density at radius 2 is 1.77 bits per heavy atom. The predicted octanol–water partition coefficient (Wildman–Crippen LogP) is 5.89. The van der Waals surface area contributed by atoms with Gasteiger partial charge in [0.05, 0.1) is 22.5 Å². The molecule has 2 heterocycles. The first-order chi connectivity index (χ1) is 16.4. The van der Waals surface area contributed by atoms with Gasteiger partial charge in [0.1, 0.15) is 11.9 Å². The zero-order chi connectivity index (χ0) is 25.4. The minimum Gasteiger partial charge on any atom is -0.490 e. The molecule has 5 nitrogen and oxygen atoms in total. The maximum Gasteiger partial charge on any atom is 0.417 e. The quantitative estimate of drug-likeness (QED) is 0.464. The lowest BCUT2D eigenvalue weighted by Crippen LogP contribution is -2.42. The van der Waals surface area contributed by atoms with Crippen LogP contribution in [0.3, 0.4) is 0 Å². The van der Waals surface area contributed by atoms with Crippen molar-refractivity contribution in [3.63, 3.8) is 0 Å². The van der Waals surface area contributed by atoms with Crippen LogP contribution in [0.2, 0.25) is 0 Å². The number of carbonyl (C=O) groups is 1. The van der Waals surface area contributed by atoms with E-state index in [1.54, 1.807) is 0 Å². The van der Waals surface area contributed by atoms with Crippen LogP contribution in [0.1, 0.15) is 55.2 Å². The molecule has 3 aromatic rings. The molecule has 1 fully saturated rings. The molecule has 2 aromatic carbocycles. The predicted molar refractivity (Wildman–Crippen MR) is 127 cm³/mol. The monoisotopic (exact) mass is 484 g/mol. The molecule has 1 aliphatic rings. The summed E-state index contributed by atoms with van der Waals surface area (Å²) >= 11 is 0. The van der Waals surface area contributed by atoms with Gasteiger partial charge >= 0.3 is 6.18 Å². The second-order valence-electron chi connectivity index (χ2n) is 9.88. The Kier molecular flexibility index (Phi) is 6.66. The Bertz CT molecular complexity index is 1190. The van der Waals surface area contributed by atoms with Crippen LogP contribution < -0.4 is 4.74 Å². The van der Waals surface area contributed by atoms with Crippen molar-refractivity contribution < 1.29 is 22.7 Å². The summed E-state index contributed by atoms with van der Waals surface area (Å²) in [5.74, 6) is -0.00255. The number of amides is 1. The minimum atomic E-state index is -4.57. The van der Waals surface area contributed by atoms with Crippen LogP contribution in [0, 0.1) is 6.07 Å². The molecule has 0 unspecified atom stereocenters. The molecule has 1 radical (unpaired) electrons. The summed E-state index contributed by atoms with van der Waals surface area (Å²) in [6.45, 7) is 7.03. The summed E-state index contributed by atoms with van der Waals surface area (Å²) in [5, 5.41) is 4.61. The molecule has 4 rings (SSSR count). The largest absolute Gasteiger partial charge is 0.490 e. The first-order valence-corrected chi connectivity index (χ1v) is 11.6. The molecule has 1 aliphatic heterocycles. The van der Waals surface area contributed by atoms with E-state index < -0.39 is 17.6 Å². The van der Waals surface area contributed by atoms with E-state index in [-0.39, 0.29) is 17.1 Å². The molecule has 0 bridgehead atoms. The van der Waals surface area contributed by atoms with Crippen LogP contribution in [0.25, 0.3) is 11.3 Å². The highest BCUT2D eigenvalue weighted by molar-refractivity contribution is 5.96. The average Bonchev–Trinajstić information content (AvgIpc) is 3.21. The Balaban J connectivity index is 1.37. The van der Waals surface area contributed by atoms with Crippen molar-refractivity contribution in [2.45, 2.75) is 51.3 Å². The second-order valence-corrected chi connectivity index (χ2v) is 9.88. The van der Waals surface area contributed by atoms with Crippen LogP contribution in [0.5, 0.6) is 5.75 Å². The topological polar surface area (TPSA) is 47.4 Å². The molecule has 35 heavy (non-hydrogen) atoms. The van der Waals surface area contributed by atoms with E-state index in [0.717, 1.165) is 23.0 Å². The molecular formula is C27H29F3N3O2. The number of benzene rings is 2. The van der Waals surface area contributed by atoms with Gasteiger partial charge in [-0.2, -0.15) is 18.3 Å². The molecule has 1 saturated heterocycles. The van der Waals surface area contributed by atoms with Crippen molar-refractivity contribution in [1.82, 2.24) is 14.7 Å². The average molecular weight is 485 g/mol. The molecular weight excluding hydrogens is 455 g/mol. The number of ether oxygens (including phenoxy) is 1. The lowest BCUT2D eigenvalue weighted by Gasteiger charge is -2.32. The van der Waals surface area contributed by atoms with E-state index in [1.165, 1.54) is 23.1 Å². The van der Waals surface area contributed by atoms with Crippen molar-refractivity contribution >= 4 is 5.91 Å². The molecule has 0 saturated carbocycles. The third kappa shape index (κ3) is 5.52. The zero-order valence-corrected chi connectivity index (χ0v) is 20.3. The van der Waals surface area contributed by atoms with Crippen molar-refractivity contribution in [3.05, 3.63) is 71.4 Å². The summed E-state index contributed by atoms with van der Waals surface area (Å²) < 4.78 is 47.8. The van der Waals surface area contributed by atoms with E-state index in [4.69, 9.17) is 4.74 Å². The maximum absolute atomic E-state index is 13.3. The molecule has 0 N–H and O–H groups in total. The van der Waals surface area contributed by atoms with Crippen LogP contribution in [0.4, 0.5) is 13.2 Å². The molecule has 185 valence electrons. The minimum absolute atomic E-state index is 0.0478. The van der Waals surface area contributed by atoms with Gasteiger partial charge in [-0.15, -0.1) is 0 Å². The molecule has 0 atom stereocenters. The number of halogens is 3. The summed E-state index contributed by atoms with van der Waals surface area (Å²) in [6.07, 6.45) is -3.64. The fourth-order valence-corrected chi connectivity index (χ4v) is 4.19. The first-order valence-electron chi connectivity index (χ1n) is 11.6. The van der Waals surface area contributed by atoms with Crippen molar-refractivity contribution in [2.24, 2.45) is 7.05 Å². The zero-order valence-electron chi connectivity index (χ0n) is 20.3. The molecule has 1 amide bonds. The van der Waals surface area contributed by atoms with E-state index in [9.17, 15) is 18.0 Å². The standard InChI is InChI=1S/C27H29F3N3O2/c1-26(2,3)24-17-23(32(4)31-24)18-9-11-19(12-10-18)35-20-13-15-33(16-14-20)25(34)21-7-5-6-8-22(21)27(28,29)30/h5-11,17,20H,13-16H2,1-4H3. The Hall–Kier alpha value is -3.29. The summed E-state index contributed by atoms with van der Waals surface area (Å²) in [7, 11) is 1.91. The van der Waals surface area contributed by atoms with Crippen molar-refractivity contribution in [3.8, 4) is 17.0 Å². The maximum atomic E-state index is 13.3. The number of piperidine rings is 1. The van der Waals surface area contributed by atoms with Gasteiger partial charge in [0, 0.05) is 50.0 Å². The van der Waals surface area contributed by atoms with E-state index in [0.29, 0.717) is 31.7 Å². The number of nitrogens with zero attached hydrogens (tertiary/aromatic N) is 3. The number of aryl methyl sites for hydroxylation is 1. The highest BCUT2D eigenvalue weighted by Gasteiger charge is 2.36. The third-order valence-corrected chi connectivity index (χ3v) is 6.21. The van der Waals surface area contributed by atoms with Crippen LogP contribution >= 0.6 is 0 Å². The first kappa shape index (κ1) is 24.8. The van der Waals surface area contributed by atoms with Gasteiger partial charge in [0.25, 0.3) is 5.91 Å². The van der Waals surface area contributed by atoms with Gasteiger partial charge in [-0.3, -0.25) is 9.48 Å². The van der Waals surface area contributed by atoms with E-state index in [2.05, 4.69) is 38.0 Å². The number of carbonyl (C=O) groups excluding carboxylic acids is 1. The van der Waals surface area contributed by atoms with Crippen molar-refractivity contribution in [2.75, 3.05) is 13.1 Å². The smallest absolute Gasteiger partial charge is 0.417 e. The van der Waals surface area contributed by atoms with Gasteiger partial charge < -0.3 is 9.64 Å². The summed E-state index contributed by atoms with van der Waals surface area (Å²) in [6, 6.07) is 15.9. The van der Waals surface area contributed by atoms with Gasteiger partial charge in [-0.05, 0) is 36.4 Å². The van der Waals surface area contributed by atoms with Gasteiger partial charge in [0.2, 0.25) is 0 Å². The Morgan fingerprint density at radius 1 is 1.09 bits per heavy atom. The van der Waals surface area contributed by atoms with E-state index >= 15 is 0 Å². The van der Waals surface area contributed by atoms with Crippen LogP contribution in [0.15, 0.2) is 48.5 Å². The molecule has 8 heteroatoms. The fourth-order valence-electron chi connectivity index (χ4n) is 4.19. The van der Waals surface area contributed by atoms with Gasteiger partial charge in [-0.1, -0.05) is 32.9 Å². The fraction of sp³-hybridized carbons (Fsp3) is 0.407. The number of alkyl halides is 3. The van der Waals surface area contributed by atoms with E-state index in [1.807, 2.05) is 29.9 Å². The second kappa shape index (κ2) is 9.40. The number of hydrogen-bond acceptors (Lipinski definition) is 3. The van der Waals surface area contributed by atoms with Crippen molar-refractivity contribution in [1.29, 1.82) is 0 Å².